The van der Waals surface area contributed by atoms with Crippen molar-refractivity contribution in [2.45, 2.75) is 25.8 Å². The number of ketones is 1. The lowest BCUT2D eigenvalue weighted by Gasteiger charge is -2.07. The molecule has 15 heavy (non-hydrogen) atoms. The number of halogens is 2. The Labute approximate surface area is 99.4 Å². The standard InChI is InChI=1S/C11H13Cl2NO/c1-2-10(14)11(15)6-7-3-4-8(12)9(13)5-7/h3-5,10H,2,6,14H2,1H3. The van der Waals surface area contributed by atoms with Crippen molar-refractivity contribution in [2.24, 2.45) is 5.73 Å². The number of Topliss-reactive ketones (excluding diaryl/α,β-unsaturated/α-hetero) is 1. The van der Waals surface area contributed by atoms with E-state index in [4.69, 9.17) is 28.9 Å². The smallest absolute Gasteiger partial charge is 0.153 e. The van der Waals surface area contributed by atoms with Crippen molar-refractivity contribution in [3.63, 3.8) is 0 Å². The highest BCUT2D eigenvalue weighted by molar-refractivity contribution is 6.42. The molecule has 0 aliphatic rings. The Bertz CT molecular complexity index is 366. The Kier molecular flexibility index (Phi) is 4.58. The molecule has 1 atom stereocenters. The molecular formula is C11H13Cl2NO. The summed E-state index contributed by atoms with van der Waals surface area (Å²) in [6.07, 6.45) is 0.964. The molecule has 0 aromatic heterocycles. The van der Waals surface area contributed by atoms with Gasteiger partial charge < -0.3 is 5.73 Å². The van der Waals surface area contributed by atoms with Crippen LogP contribution in [0.25, 0.3) is 0 Å². The van der Waals surface area contributed by atoms with Gasteiger partial charge in [0.15, 0.2) is 5.78 Å². The van der Waals surface area contributed by atoms with E-state index in [0.717, 1.165) is 5.56 Å². The van der Waals surface area contributed by atoms with Crippen molar-refractivity contribution in [3.8, 4) is 0 Å². The minimum Gasteiger partial charge on any atom is -0.322 e. The van der Waals surface area contributed by atoms with Crippen LogP contribution < -0.4 is 5.73 Å². The van der Waals surface area contributed by atoms with Crippen molar-refractivity contribution >= 4 is 29.0 Å². The van der Waals surface area contributed by atoms with Crippen molar-refractivity contribution in [1.29, 1.82) is 0 Å². The van der Waals surface area contributed by atoms with Crippen molar-refractivity contribution in [1.82, 2.24) is 0 Å². The number of nitrogens with two attached hydrogens (primary N) is 1. The van der Waals surface area contributed by atoms with Crippen molar-refractivity contribution < 1.29 is 4.79 Å². The van der Waals surface area contributed by atoms with E-state index in [2.05, 4.69) is 0 Å². The zero-order valence-electron chi connectivity index (χ0n) is 8.47. The van der Waals surface area contributed by atoms with Gasteiger partial charge in [0.2, 0.25) is 0 Å². The van der Waals surface area contributed by atoms with Gasteiger partial charge in [0.05, 0.1) is 16.1 Å². The highest BCUT2D eigenvalue weighted by atomic mass is 35.5. The van der Waals surface area contributed by atoms with Crippen LogP contribution in [-0.2, 0) is 11.2 Å². The molecule has 0 fully saturated rings. The second-order valence-electron chi connectivity index (χ2n) is 3.41. The molecule has 1 aromatic carbocycles. The number of hydrogen-bond acceptors (Lipinski definition) is 2. The Balaban J connectivity index is 2.73. The normalized spacial score (nSPS) is 12.5. The molecule has 82 valence electrons. The zero-order valence-corrected chi connectivity index (χ0v) is 9.98. The minimum absolute atomic E-state index is 0.0240. The van der Waals surface area contributed by atoms with Gasteiger partial charge in [-0.25, -0.2) is 0 Å². The van der Waals surface area contributed by atoms with Gasteiger partial charge in [-0.3, -0.25) is 4.79 Å². The quantitative estimate of drug-likeness (QED) is 0.887. The van der Waals surface area contributed by atoms with Crippen LogP contribution in [0.5, 0.6) is 0 Å². The van der Waals surface area contributed by atoms with Crippen LogP contribution in [0.15, 0.2) is 18.2 Å². The van der Waals surface area contributed by atoms with Crippen LogP contribution in [0.1, 0.15) is 18.9 Å². The van der Waals surface area contributed by atoms with Crippen LogP contribution >= 0.6 is 23.2 Å². The predicted molar refractivity (Wildman–Crippen MR) is 63.4 cm³/mol. The molecule has 2 N–H and O–H groups in total. The third-order valence-electron chi connectivity index (χ3n) is 2.22. The maximum atomic E-state index is 11.5. The van der Waals surface area contributed by atoms with Gasteiger partial charge in [-0.05, 0) is 24.1 Å². The molecule has 0 heterocycles. The number of benzene rings is 1. The van der Waals surface area contributed by atoms with Gasteiger partial charge in [-0.15, -0.1) is 0 Å². The first-order chi connectivity index (χ1) is 7.04. The molecule has 1 unspecified atom stereocenters. The Morgan fingerprint density at radius 2 is 2.07 bits per heavy atom. The third kappa shape index (κ3) is 3.49. The van der Waals surface area contributed by atoms with E-state index >= 15 is 0 Å². The highest BCUT2D eigenvalue weighted by Gasteiger charge is 2.12. The predicted octanol–water partition coefficient (Wildman–Crippen LogP) is 2.84. The molecule has 0 saturated carbocycles. The number of carbonyl (C=O) groups is 1. The first kappa shape index (κ1) is 12.5. The third-order valence-corrected chi connectivity index (χ3v) is 2.95. The maximum Gasteiger partial charge on any atom is 0.153 e. The van der Waals surface area contributed by atoms with Gasteiger partial charge in [0, 0.05) is 6.42 Å². The summed E-state index contributed by atoms with van der Waals surface area (Å²) in [5.74, 6) is 0.0240. The topological polar surface area (TPSA) is 43.1 Å². The van der Waals surface area contributed by atoms with Gasteiger partial charge in [0.25, 0.3) is 0 Å². The monoisotopic (exact) mass is 245 g/mol. The van der Waals surface area contributed by atoms with Crippen molar-refractivity contribution in [2.75, 3.05) is 0 Å². The summed E-state index contributed by atoms with van der Waals surface area (Å²) in [5, 5.41) is 0.958. The first-order valence-corrected chi connectivity index (χ1v) is 5.52. The van der Waals surface area contributed by atoms with Crippen LogP contribution in [0.2, 0.25) is 10.0 Å². The van der Waals surface area contributed by atoms with E-state index in [-0.39, 0.29) is 11.8 Å². The van der Waals surface area contributed by atoms with Crippen LogP contribution in [0.3, 0.4) is 0 Å². The summed E-state index contributed by atoms with van der Waals surface area (Å²) in [6.45, 7) is 1.89. The SMILES string of the molecule is CCC(N)C(=O)Cc1ccc(Cl)c(Cl)c1. The molecule has 0 aliphatic carbocycles. The highest BCUT2D eigenvalue weighted by Crippen LogP contribution is 2.22. The van der Waals surface area contributed by atoms with Crippen LogP contribution in [-0.4, -0.2) is 11.8 Å². The molecule has 2 nitrogen and oxygen atoms in total. The maximum absolute atomic E-state index is 11.5. The lowest BCUT2D eigenvalue weighted by atomic mass is 10.0. The summed E-state index contributed by atoms with van der Waals surface area (Å²) in [6, 6.07) is 4.78. The van der Waals surface area contributed by atoms with E-state index in [1.807, 2.05) is 6.92 Å². The number of carbonyl (C=O) groups excluding carboxylic acids is 1. The Morgan fingerprint density at radius 1 is 1.40 bits per heavy atom. The number of rotatable bonds is 4. The molecule has 0 radical (unpaired) electrons. The summed E-state index contributed by atoms with van der Waals surface area (Å²) < 4.78 is 0. The lowest BCUT2D eigenvalue weighted by molar-refractivity contribution is -0.119. The van der Waals surface area contributed by atoms with Gasteiger partial charge in [0.1, 0.15) is 0 Å². The van der Waals surface area contributed by atoms with E-state index in [1.54, 1.807) is 18.2 Å². The van der Waals surface area contributed by atoms with Gasteiger partial charge in [-0.2, -0.15) is 0 Å². The van der Waals surface area contributed by atoms with E-state index in [0.29, 0.717) is 22.9 Å². The summed E-state index contributed by atoms with van der Waals surface area (Å²) in [7, 11) is 0. The fourth-order valence-electron chi connectivity index (χ4n) is 1.21. The second-order valence-corrected chi connectivity index (χ2v) is 4.22. The zero-order chi connectivity index (χ0) is 11.4. The van der Waals surface area contributed by atoms with Crippen LogP contribution in [0, 0.1) is 0 Å². The van der Waals surface area contributed by atoms with E-state index in [9.17, 15) is 4.79 Å². The Hall–Kier alpha value is -0.570. The Morgan fingerprint density at radius 3 is 2.60 bits per heavy atom. The largest absolute Gasteiger partial charge is 0.322 e. The fraction of sp³-hybridized carbons (Fsp3) is 0.364. The molecule has 4 heteroatoms. The molecule has 0 amide bonds. The van der Waals surface area contributed by atoms with E-state index in [1.165, 1.54) is 0 Å². The summed E-state index contributed by atoms with van der Waals surface area (Å²) in [4.78, 5) is 11.5. The molecule has 0 aliphatic heterocycles. The molecule has 1 aromatic rings. The second kappa shape index (κ2) is 5.50. The average Bonchev–Trinajstić information content (AvgIpc) is 2.22. The number of hydrogen-bond donors (Lipinski definition) is 1. The molecule has 1 rings (SSSR count). The molecule has 0 bridgehead atoms. The molecular weight excluding hydrogens is 233 g/mol. The first-order valence-electron chi connectivity index (χ1n) is 4.76. The fourth-order valence-corrected chi connectivity index (χ4v) is 1.53. The molecule has 0 spiro atoms. The van der Waals surface area contributed by atoms with Crippen LogP contribution in [0.4, 0.5) is 0 Å². The van der Waals surface area contributed by atoms with E-state index < -0.39 is 0 Å². The van der Waals surface area contributed by atoms with Gasteiger partial charge >= 0.3 is 0 Å². The minimum atomic E-state index is -0.389. The average molecular weight is 246 g/mol. The molecule has 0 saturated heterocycles. The van der Waals surface area contributed by atoms with Gasteiger partial charge in [-0.1, -0.05) is 36.2 Å². The summed E-state index contributed by atoms with van der Waals surface area (Å²) in [5.41, 5.74) is 6.47. The summed E-state index contributed by atoms with van der Waals surface area (Å²) >= 11 is 11.6. The van der Waals surface area contributed by atoms with Crippen molar-refractivity contribution in [3.05, 3.63) is 33.8 Å². The lowest BCUT2D eigenvalue weighted by Crippen LogP contribution is -2.30.